The fourth-order valence-electron chi connectivity index (χ4n) is 1.55. The highest BCUT2D eigenvalue weighted by Crippen LogP contribution is 2.08. The lowest BCUT2D eigenvalue weighted by Crippen LogP contribution is -2.36. The largest absolute Gasteiger partial charge is 0.353 e. The molecule has 1 aromatic rings. The van der Waals surface area contributed by atoms with Gasteiger partial charge >= 0.3 is 0 Å². The molecule has 1 N–H and O–H groups in total. The van der Waals surface area contributed by atoms with Gasteiger partial charge in [-0.05, 0) is 25.3 Å². The molecule has 1 aromatic carbocycles. The van der Waals surface area contributed by atoms with Crippen molar-refractivity contribution in [2.45, 2.75) is 39.7 Å². The molecule has 0 heterocycles. The number of amides is 1. The number of hydrogen-bond donors (Lipinski definition) is 1. The zero-order chi connectivity index (χ0) is 12.0. The second-order valence-corrected chi connectivity index (χ2v) is 4.41. The third-order valence-corrected chi connectivity index (χ3v) is 2.83. The Morgan fingerprint density at radius 1 is 1.25 bits per heavy atom. The van der Waals surface area contributed by atoms with Crippen molar-refractivity contribution in [1.82, 2.24) is 5.32 Å². The van der Waals surface area contributed by atoms with Gasteiger partial charge in [0.25, 0.3) is 0 Å². The summed E-state index contributed by atoms with van der Waals surface area (Å²) in [5, 5.41) is 3.01. The standard InChI is InChI=1S/C14H21NO/c1-4-12(3)15-14(16)11(2)10-13-8-6-5-7-9-13/h5-9,11-12H,4,10H2,1-3H3,(H,15,16)/t11-,12-/m0/s1. The van der Waals surface area contributed by atoms with Crippen molar-refractivity contribution < 1.29 is 4.79 Å². The van der Waals surface area contributed by atoms with E-state index in [1.165, 1.54) is 5.56 Å². The van der Waals surface area contributed by atoms with Crippen molar-refractivity contribution in [1.29, 1.82) is 0 Å². The number of rotatable bonds is 5. The molecule has 0 bridgehead atoms. The summed E-state index contributed by atoms with van der Waals surface area (Å²) in [4.78, 5) is 11.8. The highest BCUT2D eigenvalue weighted by Gasteiger charge is 2.14. The van der Waals surface area contributed by atoms with Gasteiger partial charge in [0.05, 0.1) is 0 Å². The second-order valence-electron chi connectivity index (χ2n) is 4.41. The van der Waals surface area contributed by atoms with Gasteiger partial charge in [-0.25, -0.2) is 0 Å². The SMILES string of the molecule is CC[C@H](C)NC(=O)[C@@H](C)Cc1ccccc1. The summed E-state index contributed by atoms with van der Waals surface area (Å²) in [5.41, 5.74) is 1.22. The van der Waals surface area contributed by atoms with Gasteiger partial charge < -0.3 is 5.32 Å². The van der Waals surface area contributed by atoms with Crippen LogP contribution in [0.5, 0.6) is 0 Å². The molecular weight excluding hydrogens is 198 g/mol. The summed E-state index contributed by atoms with van der Waals surface area (Å²) < 4.78 is 0. The van der Waals surface area contributed by atoms with E-state index in [0.29, 0.717) is 0 Å². The third-order valence-electron chi connectivity index (χ3n) is 2.83. The van der Waals surface area contributed by atoms with E-state index in [9.17, 15) is 4.79 Å². The van der Waals surface area contributed by atoms with Crippen molar-refractivity contribution >= 4 is 5.91 Å². The van der Waals surface area contributed by atoms with Gasteiger partial charge in [-0.15, -0.1) is 0 Å². The number of carbonyl (C=O) groups excluding carboxylic acids is 1. The highest BCUT2D eigenvalue weighted by atomic mass is 16.1. The van der Waals surface area contributed by atoms with E-state index < -0.39 is 0 Å². The molecule has 0 fully saturated rings. The van der Waals surface area contributed by atoms with Crippen LogP contribution < -0.4 is 5.32 Å². The van der Waals surface area contributed by atoms with Crippen LogP contribution >= 0.6 is 0 Å². The Hall–Kier alpha value is -1.31. The maximum absolute atomic E-state index is 11.8. The minimum absolute atomic E-state index is 0.0383. The van der Waals surface area contributed by atoms with E-state index in [2.05, 4.69) is 24.4 Å². The molecule has 0 aromatic heterocycles. The molecule has 2 atom stereocenters. The molecule has 0 aliphatic rings. The maximum atomic E-state index is 11.8. The molecule has 88 valence electrons. The van der Waals surface area contributed by atoms with Crippen LogP contribution in [0.1, 0.15) is 32.8 Å². The van der Waals surface area contributed by atoms with Gasteiger partial charge in [0.1, 0.15) is 0 Å². The average molecular weight is 219 g/mol. The van der Waals surface area contributed by atoms with Gasteiger partial charge in [-0.2, -0.15) is 0 Å². The Morgan fingerprint density at radius 2 is 1.88 bits per heavy atom. The first-order valence-corrected chi connectivity index (χ1v) is 5.97. The van der Waals surface area contributed by atoms with Crippen LogP contribution in [0.25, 0.3) is 0 Å². The summed E-state index contributed by atoms with van der Waals surface area (Å²) in [7, 11) is 0. The quantitative estimate of drug-likeness (QED) is 0.810. The Labute approximate surface area is 98.1 Å². The van der Waals surface area contributed by atoms with Crippen molar-refractivity contribution in [3.63, 3.8) is 0 Å². The first-order chi connectivity index (χ1) is 7.63. The van der Waals surface area contributed by atoms with Crippen molar-refractivity contribution in [3.05, 3.63) is 35.9 Å². The van der Waals surface area contributed by atoms with Gasteiger partial charge in [-0.1, -0.05) is 44.2 Å². The van der Waals surface area contributed by atoms with Crippen molar-refractivity contribution in [3.8, 4) is 0 Å². The normalized spacial score (nSPS) is 14.2. The smallest absolute Gasteiger partial charge is 0.223 e. The van der Waals surface area contributed by atoms with Crippen LogP contribution in [0.3, 0.4) is 0 Å². The van der Waals surface area contributed by atoms with Crippen molar-refractivity contribution in [2.75, 3.05) is 0 Å². The maximum Gasteiger partial charge on any atom is 0.223 e. The first kappa shape index (κ1) is 12.8. The molecule has 16 heavy (non-hydrogen) atoms. The summed E-state index contributed by atoms with van der Waals surface area (Å²) in [5.74, 6) is 0.189. The molecule has 2 nitrogen and oxygen atoms in total. The molecule has 0 aliphatic carbocycles. The van der Waals surface area contributed by atoms with Crippen LogP contribution in [0.2, 0.25) is 0 Å². The Bertz CT molecular complexity index is 321. The van der Waals surface area contributed by atoms with E-state index in [0.717, 1.165) is 12.8 Å². The van der Waals surface area contributed by atoms with Crippen LogP contribution in [-0.2, 0) is 11.2 Å². The van der Waals surface area contributed by atoms with Gasteiger partial charge in [-0.3, -0.25) is 4.79 Å². The molecule has 2 heteroatoms. The molecular formula is C14H21NO. The van der Waals surface area contributed by atoms with E-state index >= 15 is 0 Å². The van der Waals surface area contributed by atoms with Crippen LogP contribution in [-0.4, -0.2) is 11.9 Å². The number of nitrogens with one attached hydrogen (secondary N) is 1. The summed E-state index contributed by atoms with van der Waals surface area (Å²) in [6.07, 6.45) is 1.78. The fourth-order valence-corrected chi connectivity index (χ4v) is 1.55. The minimum atomic E-state index is 0.0383. The Balaban J connectivity index is 2.46. The lowest BCUT2D eigenvalue weighted by atomic mass is 10.00. The van der Waals surface area contributed by atoms with Crippen LogP contribution in [0, 0.1) is 5.92 Å². The van der Waals surface area contributed by atoms with Crippen LogP contribution in [0.4, 0.5) is 0 Å². The molecule has 0 radical (unpaired) electrons. The van der Waals surface area contributed by atoms with Crippen molar-refractivity contribution in [2.24, 2.45) is 5.92 Å². The molecule has 1 rings (SSSR count). The molecule has 0 saturated heterocycles. The lowest BCUT2D eigenvalue weighted by molar-refractivity contribution is -0.125. The average Bonchev–Trinajstić information content (AvgIpc) is 2.30. The summed E-state index contributed by atoms with van der Waals surface area (Å²) in [6.45, 7) is 6.09. The zero-order valence-electron chi connectivity index (χ0n) is 10.4. The van der Waals surface area contributed by atoms with Crippen LogP contribution in [0.15, 0.2) is 30.3 Å². The van der Waals surface area contributed by atoms with Gasteiger partial charge in [0.2, 0.25) is 5.91 Å². The number of benzene rings is 1. The monoisotopic (exact) mass is 219 g/mol. The Morgan fingerprint density at radius 3 is 2.44 bits per heavy atom. The predicted molar refractivity (Wildman–Crippen MR) is 67.2 cm³/mol. The lowest BCUT2D eigenvalue weighted by Gasteiger charge is -2.16. The Kier molecular flexibility index (Phi) is 5.03. The first-order valence-electron chi connectivity index (χ1n) is 5.97. The number of hydrogen-bond acceptors (Lipinski definition) is 1. The highest BCUT2D eigenvalue weighted by molar-refractivity contribution is 5.78. The molecule has 0 spiro atoms. The second kappa shape index (κ2) is 6.31. The third kappa shape index (κ3) is 4.05. The van der Waals surface area contributed by atoms with E-state index in [4.69, 9.17) is 0 Å². The molecule has 0 unspecified atom stereocenters. The molecule has 0 saturated carbocycles. The molecule has 1 amide bonds. The van der Waals surface area contributed by atoms with E-state index in [1.807, 2.05) is 32.0 Å². The molecule has 0 aliphatic heterocycles. The van der Waals surface area contributed by atoms with Gasteiger partial charge in [0, 0.05) is 12.0 Å². The van der Waals surface area contributed by atoms with E-state index in [-0.39, 0.29) is 17.9 Å². The predicted octanol–water partition coefficient (Wildman–Crippen LogP) is 2.78. The fraction of sp³-hybridized carbons (Fsp3) is 0.500. The summed E-state index contributed by atoms with van der Waals surface area (Å²) >= 11 is 0. The summed E-state index contributed by atoms with van der Waals surface area (Å²) in [6, 6.07) is 10.4. The topological polar surface area (TPSA) is 29.1 Å². The number of carbonyl (C=O) groups is 1. The minimum Gasteiger partial charge on any atom is -0.353 e. The van der Waals surface area contributed by atoms with Gasteiger partial charge in [0.15, 0.2) is 0 Å². The van der Waals surface area contributed by atoms with E-state index in [1.54, 1.807) is 0 Å². The zero-order valence-corrected chi connectivity index (χ0v) is 10.4.